The molecule has 0 amide bonds. The Labute approximate surface area is 179 Å². The highest BCUT2D eigenvalue weighted by molar-refractivity contribution is 5.85. The molecule has 2 nitrogen and oxygen atoms in total. The highest BCUT2D eigenvalue weighted by atomic mass is 35.5. The van der Waals surface area contributed by atoms with Gasteiger partial charge < -0.3 is 4.74 Å². The second kappa shape index (κ2) is 10.2. The monoisotopic (exact) mass is 403 g/mol. The summed E-state index contributed by atoms with van der Waals surface area (Å²) in [5.74, 6) is 7.62. The van der Waals surface area contributed by atoms with Crippen molar-refractivity contribution in [2.24, 2.45) is 0 Å². The molecule has 1 aliphatic rings. The Morgan fingerprint density at radius 3 is 2.48 bits per heavy atom. The van der Waals surface area contributed by atoms with Crippen LogP contribution in [0.2, 0.25) is 0 Å². The second-order valence-corrected chi connectivity index (χ2v) is 7.31. The summed E-state index contributed by atoms with van der Waals surface area (Å²) in [6.45, 7) is 2.44. The first-order valence-electron chi connectivity index (χ1n) is 9.85. The van der Waals surface area contributed by atoms with Crippen molar-refractivity contribution in [3.05, 3.63) is 89.5 Å². The number of halogens is 1. The van der Waals surface area contributed by atoms with Crippen molar-refractivity contribution in [2.45, 2.75) is 19.4 Å². The second-order valence-electron chi connectivity index (χ2n) is 7.31. The Morgan fingerprint density at radius 1 is 0.931 bits per heavy atom. The van der Waals surface area contributed by atoms with Gasteiger partial charge in [0.2, 0.25) is 0 Å². The van der Waals surface area contributed by atoms with Gasteiger partial charge in [0.15, 0.2) is 0 Å². The van der Waals surface area contributed by atoms with Crippen molar-refractivity contribution in [3.8, 4) is 28.7 Å². The summed E-state index contributed by atoms with van der Waals surface area (Å²) in [5.41, 5.74) is 6.11. The Morgan fingerprint density at radius 2 is 1.69 bits per heavy atom. The van der Waals surface area contributed by atoms with Crippen LogP contribution in [0, 0.1) is 11.8 Å². The minimum atomic E-state index is 0. The molecule has 1 heterocycles. The summed E-state index contributed by atoms with van der Waals surface area (Å²) in [4.78, 5) is 2.23. The first kappa shape index (κ1) is 21.0. The van der Waals surface area contributed by atoms with Crippen LogP contribution in [0.15, 0.2) is 72.8 Å². The van der Waals surface area contributed by atoms with E-state index in [4.69, 9.17) is 4.74 Å². The van der Waals surface area contributed by atoms with Crippen LogP contribution in [0.25, 0.3) is 11.1 Å². The lowest BCUT2D eigenvalue weighted by atomic mass is 10.0. The Hall–Kier alpha value is -2.73. The first-order valence-corrected chi connectivity index (χ1v) is 9.85. The fourth-order valence-corrected chi connectivity index (χ4v) is 3.50. The Bertz CT molecular complexity index is 987. The minimum absolute atomic E-state index is 0. The van der Waals surface area contributed by atoms with E-state index < -0.39 is 0 Å². The van der Waals surface area contributed by atoms with Gasteiger partial charge in [-0.05, 0) is 60.3 Å². The van der Waals surface area contributed by atoms with E-state index in [0.717, 1.165) is 43.9 Å². The number of hydrogen-bond donors (Lipinski definition) is 0. The minimum Gasteiger partial charge on any atom is -0.493 e. The number of nitrogens with zero attached hydrogens (tertiary/aromatic N) is 1. The van der Waals surface area contributed by atoms with Gasteiger partial charge in [-0.3, -0.25) is 4.90 Å². The van der Waals surface area contributed by atoms with Crippen LogP contribution in [-0.2, 0) is 13.0 Å². The number of aryl methyl sites for hydroxylation is 1. The van der Waals surface area contributed by atoms with E-state index in [9.17, 15) is 0 Å². The van der Waals surface area contributed by atoms with Gasteiger partial charge in [-0.2, -0.15) is 0 Å². The van der Waals surface area contributed by atoms with Crippen LogP contribution in [0.3, 0.4) is 0 Å². The molecule has 0 spiro atoms. The average Bonchev–Trinajstić information content (AvgIpc) is 2.75. The molecular weight excluding hydrogens is 378 g/mol. The topological polar surface area (TPSA) is 12.5 Å². The van der Waals surface area contributed by atoms with Crippen molar-refractivity contribution >= 4 is 12.4 Å². The van der Waals surface area contributed by atoms with Gasteiger partial charge in [-0.15, -0.1) is 12.4 Å². The summed E-state index contributed by atoms with van der Waals surface area (Å²) in [6, 6.07) is 25.5. The number of hydrogen-bond acceptors (Lipinski definition) is 2. The molecule has 0 bridgehead atoms. The molecule has 4 rings (SSSR count). The SMILES string of the molecule is CN(CC#Cc1ccc(-c2ccccc2)cc1)Cc1ccc2c(c1)OCCC2.Cl. The molecule has 0 atom stereocenters. The first-order chi connectivity index (χ1) is 13.8. The van der Waals surface area contributed by atoms with Crippen LogP contribution in [-0.4, -0.2) is 25.1 Å². The molecule has 3 aromatic rings. The van der Waals surface area contributed by atoms with Crippen molar-refractivity contribution in [3.63, 3.8) is 0 Å². The summed E-state index contributed by atoms with van der Waals surface area (Å²) in [6.07, 6.45) is 2.24. The van der Waals surface area contributed by atoms with E-state index >= 15 is 0 Å². The quantitative estimate of drug-likeness (QED) is 0.527. The van der Waals surface area contributed by atoms with Gasteiger partial charge >= 0.3 is 0 Å². The fourth-order valence-electron chi connectivity index (χ4n) is 3.50. The maximum atomic E-state index is 5.78. The predicted molar refractivity (Wildman–Crippen MR) is 123 cm³/mol. The molecule has 0 unspecified atom stereocenters. The fraction of sp³-hybridized carbons (Fsp3) is 0.231. The largest absolute Gasteiger partial charge is 0.493 e. The van der Waals surface area contributed by atoms with Crippen LogP contribution in [0.4, 0.5) is 0 Å². The molecule has 0 saturated carbocycles. The maximum Gasteiger partial charge on any atom is 0.122 e. The van der Waals surface area contributed by atoms with Gasteiger partial charge in [0.1, 0.15) is 5.75 Å². The van der Waals surface area contributed by atoms with E-state index in [2.05, 4.69) is 90.5 Å². The molecule has 0 fully saturated rings. The normalized spacial score (nSPS) is 12.2. The van der Waals surface area contributed by atoms with E-state index in [1.807, 2.05) is 6.07 Å². The van der Waals surface area contributed by atoms with Crippen molar-refractivity contribution in [1.82, 2.24) is 4.90 Å². The van der Waals surface area contributed by atoms with Gasteiger partial charge in [0.25, 0.3) is 0 Å². The Balaban J connectivity index is 0.00000240. The lowest BCUT2D eigenvalue weighted by Crippen LogP contribution is -2.18. The summed E-state index contributed by atoms with van der Waals surface area (Å²) < 4.78 is 5.78. The number of fused-ring (bicyclic) bond motifs is 1. The summed E-state index contributed by atoms with van der Waals surface area (Å²) >= 11 is 0. The third-order valence-electron chi connectivity index (χ3n) is 5.01. The van der Waals surface area contributed by atoms with Crippen LogP contribution in [0.1, 0.15) is 23.1 Å². The lowest BCUT2D eigenvalue weighted by Gasteiger charge is -2.19. The number of ether oxygens (including phenoxy) is 1. The van der Waals surface area contributed by atoms with Crippen molar-refractivity contribution in [2.75, 3.05) is 20.2 Å². The molecule has 0 radical (unpaired) electrons. The number of benzene rings is 3. The van der Waals surface area contributed by atoms with E-state index in [0.29, 0.717) is 0 Å². The number of rotatable bonds is 4. The molecule has 0 saturated heterocycles. The van der Waals surface area contributed by atoms with Crippen LogP contribution < -0.4 is 4.74 Å². The van der Waals surface area contributed by atoms with E-state index in [1.54, 1.807) is 0 Å². The predicted octanol–water partition coefficient (Wildman–Crippen LogP) is 5.58. The third-order valence-corrected chi connectivity index (χ3v) is 5.01. The van der Waals surface area contributed by atoms with Gasteiger partial charge in [-0.1, -0.05) is 66.4 Å². The zero-order chi connectivity index (χ0) is 19.2. The summed E-state index contributed by atoms with van der Waals surface area (Å²) in [7, 11) is 2.10. The zero-order valence-electron chi connectivity index (χ0n) is 16.7. The van der Waals surface area contributed by atoms with Gasteiger partial charge in [0.05, 0.1) is 13.2 Å². The molecule has 3 aromatic carbocycles. The third kappa shape index (κ3) is 5.64. The van der Waals surface area contributed by atoms with E-state index in [-0.39, 0.29) is 12.4 Å². The van der Waals surface area contributed by atoms with Gasteiger partial charge in [0, 0.05) is 12.1 Å². The molecule has 0 aliphatic carbocycles. The maximum absolute atomic E-state index is 5.78. The van der Waals surface area contributed by atoms with Crippen LogP contribution >= 0.6 is 12.4 Å². The highest BCUT2D eigenvalue weighted by Gasteiger charge is 2.11. The van der Waals surface area contributed by atoms with Crippen molar-refractivity contribution in [1.29, 1.82) is 0 Å². The molecular formula is C26H26ClNO. The standard InChI is InChI=1S/C26H25NO.ClH/c1-27(20-22-13-16-25-10-6-18-28-26(25)19-22)17-5-7-21-11-14-24(15-12-21)23-8-3-2-4-9-23;/h2-4,8-9,11-16,19H,6,10,17-18,20H2,1H3;1H. The highest BCUT2D eigenvalue weighted by Crippen LogP contribution is 2.26. The molecule has 0 N–H and O–H groups in total. The molecule has 29 heavy (non-hydrogen) atoms. The average molecular weight is 404 g/mol. The smallest absolute Gasteiger partial charge is 0.122 e. The van der Waals surface area contributed by atoms with Gasteiger partial charge in [-0.25, -0.2) is 0 Å². The molecule has 148 valence electrons. The Kier molecular flexibility index (Phi) is 7.36. The summed E-state index contributed by atoms with van der Waals surface area (Å²) in [5, 5.41) is 0. The molecule has 0 aromatic heterocycles. The molecule has 3 heteroatoms. The van der Waals surface area contributed by atoms with Crippen molar-refractivity contribution < 1.29 is 4.74 Å². The lowest BCUT2D eigenvalue weighted by molar-refractivity contribution is 0.287. The van der Waals surface area contributed by atoms with Crippen LogP contribution in [0.5, 0.6) is 5.75 Å². The zero-order valence-corrected chi connectivity index (χ0v) is 17.5. The molecule has 1 aliphatic heterocycles. The van der Waals surface area contributed by atoms with E-state index in [1.165, 1.54) is 22.3 Å².